The Balaban J connectivity index is 3.31. The van der Waals surface area contributed by atoms with Crippen molar-refractivity contribution in [1.29, 1.82) is 0 Å². The zero-order valence-electron chi connectivity index (χ0n) is 6.98. The van der Waals surface area contributed by atoms with E-state index in [0.29, 0.717) is 5.82 Å². The van der Waals surface area contributed by atoms with Gasteiger partial charge < -0.3 is 9.38 Å². The van der Waals surface area contributed by atoms with Crippen molar-refractivity contribution in [3.05, 3.63) is 16.4 Å². The molecule has 0 aromatic carbocycles. The highest BCUT2D eigenvalue weighted by molar-refractivity contribution is 6.29. The second kappa shape index (κ2) is 3.05. The molecule has 1 heterocycles. The molecule has 0 fully saturated rings. The first kappa shape index (κ1) is 8.90. The summed E-state index contributed by atoms with van der Waals surface area (Å²) in [6, 6.07) is 1.32. The van der Waals surface area contributed by atoms with Crippen LogP contribution in [0.4, 0.5) is 5.82 Å². The third kappa shape index (κ3) is 1.52. The minimum atomic E-state index is -0.227. The summed E-state index contributed by atoms with van der Waals surface area (Å²) >= 11 is 0. The van der Waals surface area contributed by atoms with Gasteiger partial charge in [-0.15, -0.1) is 0 Å². The predicted octanol–water partition coefficient (Wildman–Crippen LogP) is -1.91. The van der Waals surface area contributed by atoms with Crippen LogP contribution in [0, 0.1) is 0 Å². The maximum atomic E-state index is 11.1. The molecule has 1 rings (SSSR count). The van der Waals surface area contributed by atoms with Crippen molar-refractivity contribution in [3.63, 3.8) is 0 Å². The monoisotopic (exact) mass is 159 g/mol. The molecule has 0 atom stereocenters. The van der Waals surface area contributed by atoms with Gasteiger partial charge in [-0.3, -0.25) is 4.79 Å². The van der Waals surface area contributed by atoms with Crippen LogP contribution in [0.15, 0.2) is 10.9 Å². The highest BCUT2D eigenvalue weighted by atomic mass is 16.1. The molecule has 0 aliphatic heterocycles. The van der Waals surface area contributed by atoms with Gasteiger partial charge in [0.1, 0.15) is 5.82 Å². The lowest BCUT2D eigenvalue weighted by atomic mass is 10.1. The average Bonchev–Trinajstić information content (AvgIpc) is 1.99. The van der Waals surface area contributed by atoms with Crippen molar-refractivity contribution < 1.29 is 0 Å². The van der Waals surface area contributed by atoms with Crippen molar-refractivity contribution in [2.24, 2.45) is 7.05 Å². The van der Waals surface area contributed by atoms with Crippen LogP contribution in [-0.4, -0.2) is 32.4 Å². The Kier molecular flexibility index (Phi) is 2.26. The van der Waals surface area contributed by atoms with Crippen LogP contribution in [-0.2, 0) is 7.05 Å². The zero-order chi connectivity index (χ0) is 9.30. The largest absolute Gasteiger partial charge is 0.413 e. The van der Waals surface area contributed by atoms with Crippen LogP contribution in [0.1, 0.15) is 0 Å². The normalized spacial score (nSPS) is 9.83. The molecule has 0 saturated heterocycles. The highest BCUT2D eigenvalue weighted by Crippen LogP contribution is 1.97. The van der Waals surface area contributed by atoms with E-state index in [2.05, 4.69) is 4.98 Å². The number of aromatic nitrogens is 2. The summed E-state index contributed by atoms with van der Waals surface area (Å²) in [6.07, 6.45) is 0. The molecule has 0 spiro atoms. The molecule has 58 valence electrons. The average molecular weight is 159 g/mol. The molecule has 4 radical (unpaired) electrons. The number of anilines is 1. The molecule has 0 aliphatic carbocycles. The summed E-state index contributed by atoms with van der Waals surface area (Å²) in [5.41, 5.74) is -0.0791. The standard InChI is InChI=1S/C6H7B2N3O/c1-10-5(12)3-4(11(2)8)9-6(10)7/h3H,1-2H3. The molecule has 1 aromatic heterocycles. The zero-order valence-corrected chi connectivity index (χ0v) is 6.98. The van der Waals surface area contributed by atoms with E-state index in [1.807, 2.05) is 0 Å². The summed E-state index contributed by atoms with van der Waals surface area (Å²) in [6.45, 7) is 0. The van der Waals surface area contributed by atoms with Gasteiger partial charge in [-0.2, -0.15) is 0 Å². The maximum Gasteiger partial charge on any atom is 0.254 e. The minimum Gasteiger partial charge on any atom is -0.413 e. The van der Waals surface area contributed by atoms with Crippen molar-refractivity contribution in [3.8, 4) is 0 Å². The van der Waals surface area contributed by atoms with Gasteiger partial charge in [-0.1, -0.05) is 0 Å². The Bertz CT molecular complexity index is 347. The Morgan fingerprint density at radius 1 is 1.67 bits per heavy atom. The van der Waals surface area contributed by atoms with Crippen LogP contribution >= 0.6 is 0 Å². The Morgan fingerprint density at radius 2 is 2.25 bits per heavy atom. The van der Waals surface area contributed by atoms with E-state index in [0.717, 1.165) is 0 Å². The van der Waals surface area contributed by atoms with Gasteiger partial charge in [0.2, 0.25) is 7.98 Å². The summed E-state index contributed by atoms with van der Waals surface area (Å²) in [5.74, 6) is 0.357. The molecular weight excluding hydrogens is 152 g/mol. The first-order chi connectivity index (χ1) is 5.52. The fraction of sp³-hybridized carbons (Fsp3) is 0.333. The van der Waals surface area contributed by atoms with Crippen LogP contribution in [0.3, 0.4) is 0 Å². The van der Waals surface area contributed by atoms with Gasteiger partial charge in [0.05, 0.1) is 5.72 Å². The van der Waals surface area contributed by atoms with Gasteiger partial charge in [0, 0.05) is 13.1 Å². The SMILES string of the molecule is [B]c1nc(N([B])C)cc(=O)n1C. The van der Waals surface area contributed by atoms with E-state index >= 15 is 0 Å². The van der Waals surface area contributed by atoms with Gasteiger partial charge in [-0.25, -0.2) is 4.98 Å². The van der Waals surface area contributed by atoms with Gasteiger partial charge in [-0.05, 0) is 7.05 Å². The Labute approximate surface area is 73.1 Å². The van der Waals surface area contributed by atoms with Gasteiger partial charge in [0.15, 0.2) is 7.85 Å². The summed E-state index contributed by atoms with van der Waals surface area (Å²) in [5, 5.41) is 0. The van der Waals surface area contributed by atoms with Crippen molar-refractivity contribution >= 4 is 27.4 Å². The molecule has 4 nitrogen and oxygen atoms in total. The van der Waals surface area contributed by atoms with Crippen molar-refractivity contribution in [2.75, 3.05) is 11.9 Å². The first-order valence-electron chi connectivity index (χ1n) is 3.34. The second-order valence-electron chi connectivity index (χ2n) is 2.48. The smallest absolute Gasteiger partial charge is 0.254 e. The van der Waals surface area contributed by atoms with E-state index in [1.54, 1.807) is 14.1 Å². The van der Waals surface area contributed by atoms with E-state index in [4.69, 9.17) is 15.8 Å². The van der Waals surface area contributed by atoms with Crippen molar-refractivity contribution in [1.82, 2.24) is 9.55 Å². The van der Waals surface area contributed by atoms with Crippen LogP contribution in [0.25, 0.3) is 0 Å². The van der Waals surface area contributed by atoms with Crippen LogP contribution in [0.2, 0.25) is 0 Å². The maximum absolute atomic E-state index is 11.1. The highest BCUT2D eigenvalue weighted by Gasteiger charge is 2.01. The fourth-order valence-corrected chi connectivity index (χ4v) is 0.725. The molecule has 1 aromatic rings. The topological polar surface area (TPSA) is 38.1 Å². The number of hydrogen-bond donors (Lipinski definition) is 0. The van der Waals surface area contributed by atoms with Gasteiger partial charge >= 0.3 is 0 Å². The van der Waals surface area contributed by atoms with Crippen molar-refractivity contribution in [2.45, 2.75) is 0 Å². The molecule has 12 heavy (non-hydrogen) atoms. The molecule has 0 aliphatic rings. The van der Waals surface area contributed by atoms with Crippen LogP contribution < -0.4 is 16.1 Å². The van der Waals surface area contributed by atoms with E-state index < -0.39 is 0 Å². The second-order valence-corrected chi connectivity index (χ2v) is 2.48. The molecule has 0 saturated carbocycles. The van der Waals surface area contributed by atoms with E-state index in [-0.39, 0.29) is 11.3 Å². The Hall–Kier alpha value is -1.19. The minimum absolute atomic E-state index is 0.148. The van der Waals surface area contributed by atoms with E-state index in [9.17, 15) is 4.79 Å². The Morgan fingerprint density at radius 3 is 2.67 bits per heavy atom. The summed E-state index contributed by atoms with van der Waals surface area (Å²) in [7, 11) is 13.9. The first-order valence-corrected chi connectivity index (χ1v) is 3.34. The lowest BCUT2D eigenvalue weighted by Gasteiger charge is -2.13. The number of rotatable bonds is 1. The third-order valence-electron chi connectivity index (χ3n) is 1.52. The molecular formula is C6H7B2N3O. The van der Waals surface area contributed by atoms with E-state index in [1.165, 1.54) is 15.4 Å². The quantitative estimate of drug-likeness (QED) is 0.448. The third-order valence-corrected chi connectivity index (χ3v) is 1.52. The predicted molar refractivity (Wildman–Crippen MR) is 49.0 cm³/mol. The molecule has 0 N–H and O–H groups in total. The summed E-state index contributed by atoms with van der Waals surface area (Å²) in [4.78, 5) is 16.2. The molecule has 0 amide bonds. The number of nitrogens with zero attached hydrogens (tertiary/aromatic N) is 3. The molecule has 6 heteroatoms. The lowest BCUT2D eigenvalue weighted by molar-refractivity contribution is 0.861. The van der Waals surface area contributed by atoms with Gasteiger partial charge in [0.25, 0.3) is 5.56 Å². The fourth-order valence-electron chi connectivity index (χ4n) is 0.725. The lowest BCUT2D eigenvalue weighted by Crippen LogP contribution is -2.34. The summed E-state index contributed by atoms with van der Waals surface area (Å²) < 4.78 is 1.24. The molecule has 0 unspecified atom stereocenters. The molecule has 0 bridgehead atoms. The van der Waals surface area contributed by atoms with Crippen LogP contribution in [0.5, 0.6) is 0 Å². The number of hydrogen-bond acceptors (Lipinski definition) is 3.